The highest BCUT2D eigenvalue weighted by atomic mass is 16.4. The van der Waals surface area contributed by atoms with Crippen molar-refractivity contribution in [1.82, 2.24) is 4.90 Å². The van der Waals surface area contributed by atoms with Crippen LogP contribution in [0.5, 0.6) is 0 Å². The van der Waals surface area contributed by atoms with Crippen LogP contribution in [0.4, 0.5) is 10.5 Å². The summed E-state index contributed by atoms with van der Waals surface area (Å²) in [5.74, 6) is -1.04. The Morgan fingerprint density at radius 1 is 1.26 bits per heavy atom. The first-order valence-corrected chi connectivity index (χ1v) is 6.05. The molecule has 0 unspecified atom stereocenters. The first-order valence-electron chi connectivity index (χ1n) is 6.05. The molecule has 5 heteroatoms. The Labute approximate surface area is 113 Å². The van der Waals surface area contributed by atoms with Crippen molar-refractivity contribution in [3.8, 4) is 0 Å². The van der Waals surface area contributed by atoms with Gasteiger partial charge in [-0.2, -0.15) is 0 Å². The normalized spacial score (nSPS) is 10.9. The Morgan fingerprint density at radius 3 is 2.37 bits per heavy atom. The average Bonchev–Trinajstić information content (AvgIpc) is 2.27. The van der Waals surface area contributed by atoms with Crippen LogP contribution < -0.4 is 5.32 Å². The lowest BCUT2D eigenvalue weighted by Crippen LogP contribution is -2.36. The van der Waals surface area contributed by atoms with Crippen LogP contribution in [0, 0.1) is 0 Å². The molecule has 0 bridgehead atoms. The first-order chi connectivity index (χ1) is 8.71. The summed E-state index contributed by atoms with van der Waals surface area (Å²) in [5.41, 5.74) is 1.61. The van der Waals surface area contributed by atoms with E-state index in [9.17, 15) is 9.59 Å². The number of anilines is 1. The Balaban J connectivity index is 2.88. The number of likely N-dealkylation sites (N-methyl/N-ethyl adjacent to an activating group) is 1. The van der Waals surface area contributed by atoms with E-state index < -0.39 is 12.0 Å². The van der Waals surface area contributed by atoms with Crippen molar-refractivity contribution in [3.63, 3.8) is 0 Å². The third-order valence-electron chi connectivity index (χ3n) is 2.70. The molecular formula is C14H20N2O3. The molecule has 0 spiro atoms. The van der Waals surface area contributed by atoms with Gasteiger partial charge in [-0.3, -0.25) is 4.79 Å². The second-order valence-corrected chi connectivity index (χ2v) is 5.48. The van der Waals surface area contributed by atoms with E-state index >= 15 is 0 Å². The SMILES string of the molecule is CN(CC(=O)O)C(=O)Nc1ccccc1C(C)(C)C. The summed E-state index contributed by atoms with van der Waals surface area (Å²) in [6, 6.07) is 7.08. The van der Waals surface area contributed by atoms with Crippen LogP contribution in [-0.4, -0.2) is 35.6 Å². The maximum Gasteiger partial charge on any atom is 0.323 e. The number of aliphatic carboxylic acids is 1. The van der Waals surface area contributed by atoms with Gasteiger partial charge in [0.05, 0.1) is 0 Å². The topological polar surface area (TPSA) is 69.6 Å². The van der Waals surface area contributed by atoms with Crippen molar-refractivity contribution in [2.24, 2.45) is 0 Å². The van der Waals surface area contributed by atoms with Crippen molar-refractivity contribution in [1.29, 1.82) is 0 Å². The van der Waals surface area contributed by atoms with E-state index in [0.717, 1.165) is 10.5 Å². The molecule has 0 fully saturated rings. The van der Waals surface area contributed by atoms with Gasteiger partial charge in [-0.05, 0) is 17.0 Å². The second kappa shape index (κ2) is 5.73. The lowest BCUT2D eigenvalue weighted by molar-refractivity contribution is -0.137. The number of hydrogen-bond acceptors (Lipinski definition) is 2. The predicted molar refractivity (Wildman–Crippen MR) is 74.4 cm³/mol. The fraction of sp³-hybridized carbons (Fsp3) is 0.429. The number of benzene rings is 1. The Hall–Kier alpha value is -2.04. The quantitative estimate of drug-likeness (QED) is 0.881. The molecule has 0 saturated heterocycles. The summed E-state index contributed by atoms with van der Waals surface area (Å²) >= 11 is 0. The third kappa shape index (κ3) is 4.28. The van der Waals surface area contributed by atoms with Crippen molar-refractivity contribution in [2.45, 2.75) is 26.2 Å². The number of amides is 2. The highest BCUT2D eigenvalue weighted by Crippen LogP contribution is 2.29. The summed E-state index contributed by atoms with van der Waals surface area (Å²) in [6.45, 7) is 5.83. The van der Waals surface area contributed by atoms with Gasteiger partial charge in [0.15, 0.2) is 0 Å². The minimum Gasteiger partial charge on any atom is -0.480 e. The molecule has 2 amide bonds. The molecule has 0 aliphatic carbocycles. The van der Waals surface area contributed by atoms with E-state index in [1.54, 1.807) is 0 Å². The molecule has 2 N–H and O–H groups in total. The monoisotopic (exact) mass is 264 g/mol. The summed E-state index contributed by atoms with van der Waals surface area (Å²) in [5, 5.41) is 11.4. The molecule has 1 aromatic carbocycles. The van der Waals surface area contributed by atoms with Gasteiger partial charge in [0.2, 0.25) is 0 Å². The van der Waals surface area contributed by atoms with Crippen LogP contribution in [-0.2, 0) is 10.2 Å². The van der Waals surface area contributed by atoms with Crippen molar-refractivity contribution in [3.05, 3.63) is 29.8 Å². The molecule has 0 saturated carbocycles. The maximum absolute atomic E-state index is 11.9. The van der Waals surface area contributed by atoms with E-state index in [-0.39, 0.29) is 12.0 Å². The van der Waals surface area contributed by atoms with Crippen molar-refractivity contribution < 1.29 is 14.7 Å². The summed E-state index contributed by atoms with van der Waals surface area (Å²) < 4.78 is 0. The zero-order chi connectivity index (χ0) is 14.6. The number of urea groups is 1. The highest BCUT2D eigenvalue weighted by Gasteiger charge is 2.20. The van der Waals surface area contributed by atoms with Crippen LogP contribution in [0.2, 0.25) is 0 Å². The molecule has 0 radical (unpaired) electrons. The van der Waals surface area contributed by atoms with Crippen molar-refractivity contribution >= 4 is 17.7 Å². The van der Waals surface area contributed by atoms with Gasteiger partial charge in [0.25, 0.3) is 0 Å². The first kappa shape index (κ1) is 15.0. The fourth-order valence-corrected chi connectivity index (χ4v) is 1.73. The van der Waals surface area contributed by atoms with Crippen LogP contribution in [0.1, 0.15) is 26.3 Å². The van der Waals surface area contributed by atoms with Gasteiger partial charge < -0.3 is 15.3 Å². The minimum atomic E-state index is -1.04. The number of carboxylic acid groups (broad SMARTS) is 1. The van der Waals surface area contributed by atoms with E-state index in [2.05, 4.69) is 26.1 Å². The van der Waals surface area contributed by atoms with Crippen LogP contribution >= 0.6 is 0 Å². The lowest BCUT2D eigenvalue weighted by Gasteiger charge is -2.24. The molecule has 19 heavy (non-hydrogen) atoms. The lowest BCUT2D eigenvalue weighted by atomic mass is 9.86. The number of hydrogen-bond donors (Lipinski definition) is 2. The summed E-state index contributed by atoms with van der Waals surface area (Å²) in [6.07, 6.45) is 0. The number of carbonyl (C=O) groups excluding carboxylic acids is 1. The van der Waals surface area contributed by atoms with Crippen molar-refractivity contribution in [2.75, 3.05) is 18.9 Å². The zero-order valence-corrected chi connectivity index (χ0v) is 11.7. The number of nitrogens with one attached hydrogen (secondary N) is 1. The van der Waals surface area contributed by atoms with Crippen LogP contribution in [0.15, 0.2) is 24.3 Å². The van der Waals surface area contributed by atoms with E-state index in [1.165, 1.54) is 7.05 Å². The fourth-order valence-electron chi connectivity index (χ4n) is 1.73. The summed E-state index contributed by atoms with van der Waals surface area (Å²) in [4.78, 5) is 23.6. The highest BCUT2D eigenvalue weighted by molar-refractivity contribution is 5.92. The molecule has 1 aromatic rings. The van der Waals surface area contributed by atoms with Crippen LogP contribution in [0.25, 0.3) is 0 Å². The molecule has 0 heterocycles. The number of rotatable bonds is 3. The van der Waals surface area contributed by atoms with Gasteiger partial charge >= 0.3 is 12.0 Å². The zero-order valence-electron chi connectivity index (χ0n) is 11.7. The molecule has 0 aliphatic heterocycles. The van der Waals surface area contributed by atoms with Gasteiger partial charge in [0.1, 0.15) is 6.54 Å². The average molecular weight is 264 g/mol. The Bertz CT molecular complexity index is 478. The van der Waals surface area contributed by atoms with Crippen LogP contribution in [0.3, 0.4) is 0 Å². The second-order valence-electron chi connectivity index (χ2n) is 5.48. The largest absolute Gasteiger partial charge is 0.480 e. The summed E-state index contributed by atoms with van der Waals surface area (Å²) in [7, 11) is 1.45. The van der Waals surface area contributed by atoms with Gasteiger partial charge in [-0.25, -0.2) is 4.79 Å². The molecule has 0 aliphatic rings. The molecule has 0 atom stereocenters. The number of nitrogens with zero attached hydrogens (tertiary/aromatic N) is 1. The van der Waals surface area contributed by atoms with Gasteiger partial charge in [0, 0.05) is 12.7 Å². The van der Waals surface area contributed by atoms with E-state index in [0.29, 0.717) is 5.69 Å². The Kier molecular flexibility index (Phi) is 4.53. The molecule has 0 aromatic heterocycles. The smallest absolute Gasteiger partial charge is 0.323 e. The number of para-hydroxylation sites is 1. The van der Waals surface area contributed by atoms with Gasteiger partial charge in [-0.15, -0.1) is 0 Å². The minimum absolute atomic E-state index is 0.102. The van der Waals surface area contributed by atoms with E-state index in [1.807, 2.05) is 24.3 Å². The van der Waals surface area contributed by atoms with E-state index in [4.69, 9.17) is 5.11 Å². The standard InChI is InChI=1S/C14H20N2O3/c1-14(2,3)10-7-5-6-8-11(10)15-13(19)16(4)9-12(17)18/h5-8H,9H2,1-4H3,(H,15,19)(H,17,18). The molecular weight excluding hydrogens is 244 g/mol. The molecule has 104 valence electrons. The third-order valence-corrected chi connectivity index (χ3v) is 2.70. The maximum atomic E-state index is 11.9. The number of carboxylic acids is 1. The number of carbonyl (C=O) groups is 2. The molecule has 1 rings (SSSR count). The predicted octanol–water partition coefficient (Wildman–Crippen LogP) is 2.53. The molecule has 5 nitrogen and oxygen atoms in total. The van der Waals surface area contributed by atoms with Gasteiger partial charge in [-0.1, -0.05) is 39.0 Å². The Morgan fingerprint density at radius 2 is 1.84 bits per heavy atom.